The van der Waals surface area contributed by atoms with Crippen molar-refractivity contribution in [2.45, 2.75) is 59.4 Å². The molecule has 2 heterocycles. The van der Waals surface area contributed by atoms with E-state index in [0.717, 1.165) is 27.6 Å². The molecule has 1 aliphatic heterocycles. The predicted molar refractivity (Wildman–Crippen MR) is 103 cm³/mol. The van der Waals surface area contributed by atoms with E-state index in [4.69, 9.17) is 11.3 Å². The second-order valence-corrected chi connectivity index (χ2v) is 7.64. The summed E-state index contributed by atoms with van der Waals surface area (Å²) in [4.78, 5) is 1.94. The molecule has 0 N–H and O–H groups in total. The molecule has 4 rings (SSSR count). The van der Waals surface area contributed by atoms with Crippen LogP contribution in [0.25, 0.3) is 21.9 Å². The van der Waals surface area contributed by atoms with Crippen LogP contribution in [0.1, 0.15) is 53.3 Å². The third-order valence-electron chi connectivity index (χ3n) is 5.35. The molecule has 1 aliphatic rings. The summed E-state index contributed by atoms with van der Waals surface area (Å²) in [5, 5.41) is 1.95. The molecule has 1 aromatic heterocycles. The van der Waals surface area contributed by atoms with Gasteiger partial charge in [-0.1, -0.05) is 44.1 Å². The number of hydrogen-bond acceptors (Lipinski definition) is 2. The lowest BCUT2D eigenvalue weighted by Crippen LogP contribution is -2.43. The molecule has 0 bridgehead atoms. The summed E-state index contributed by atoms with van der Waals surface area (Å²) in [5.41, 5.74) is 0.532. The number of fused-ring (bicyclic) bond motifs is 3. The van der Waals surface area contributed by atoms with E-state index in [0.29, 0.717) is 5.58 Å². The Hall–Kier alpha value is -1.96. The van der Waals surface area contributed by atoms with Crippen molar-refractivity contribution in [3.8, 4) is 0 Å². The Kier molecular flexibility index (Phi) is 2.15. The minimum Gasteiger partial charge on any atom is -0.454 e. The lowest BCUT2D eigenvalue weighted by molar-refractivity contribution is 0.329. The number of hydrogen-bond donors (Lipinski definition) is 0. The van der Waals surface area contributed by atoms with Gasteiger partial charge in [0.05, 0.1) is 5.69 Å². The molecule has 0 spiro atoms. The van der Waals surface area contributed by atoms with Crippen LogP contribution in [0.3, 0.4) is 0 Å². The highest BCUT2D eigenvalue weighted by atomic mass is 16.3. The fraction of sp³-hybridized carbons (Fsp3) is 0.455. The Morgan fingerprint density at radius 2 is 1.92 bits per heavy atom. The Morgan fingerprint density at radius 1 is 1.17 bits per heavy atom. The molecule has 1 unspecified atom stereocenters. The second-order valence-electron chi connectivity index (χ2n) is 7.64. The standard InChI is InChI=1S/C22H27NO/c1-14-11-12-17-16-9-7-8-10-18(16)24-20(17)19(14)23-15(2)21(3,4)13-22(23,5)6/h7-12,15H,13H2,1-6H3/t15-/m0/s1/i3D3,13D2/t15-,21?. The molecule has 2 heteroatoms. The topological polar surface area (TPSA) is 16.4 Å². The van der Waals surface area contributed by atoms with Crippen molar-refractivity contribution in [1.82, 2.24) is 0 Å². The lowest BCUT2D eigenvalue weighted by atomic mass is 9.82. The fourth-order valence-electron chi connectivity index (χ4n) is 4.19. The first kappa shape index (κ1) is 10.8. The molecule has 0 amide bonds. The second kappa shape index (κ2) is 4.78. The smallest absolute Gasteiger partial charge is 0.158 e. The number of anilines is 1. The summed E-state index contributed by atoms with van der Waals surface area (Å²) >= 11 is 0. The third kappa shape index (κ3) is 2.02. The van der Waals surface area contributed by atoms with Gasteiger partial charge >= 0.3 is 0 Å². The first-order chi connectivity index (χ1) is 13.3. The van der Waals surface area contributed by atoms with E-state index in [1.54, 1.807) is 20.8 Å². The van der Waals surface area contributed by atoms with Gasteiger partial charge in [0.2, 0.25) is 0 Å². The molecule has 126 valence electrons. The summed E-state index contributed by atoms with van der Waals surface area (Å²) in [5.74, 6) is 0. The van der Waals surface area contributed by atoms with Crippen LogP contribution in [0.2, 0.25) is 0 Å². The number of nitrogens with zero attached hydrogens (tertiary/aromatic N) is 1. The van der Waals surface area contributed by atoms with Crippen molar-refractivity contribution in [2.75, 3.05) is 4.90 Å². The van der Waals surface area contributed by atoms with E-state index < -0.39 is 30.2 Å². The average Bonchev–Trinajstić information content (AvgIpc) is 3.04. The van der Waals surface area contributed by atoms with Gasteiger partial charge in [-0.2, -0.15) is 0 Å². The molecule has 24 heavy (non-hydrogen) atoms. The number of para-hydroxylation sites is 1. The van der Waals surface area contributed by atoms with Gasteiger partial charge in [0.1, 0.15) is 5.58 Å². The van der Waals surface area contributed by atoms with Crippen LogP contribution in [-0.2, 0) is 0 Å². The van der Waals surface area contributed by atoms with Crippen LogP contribution in [0, 0.1) is 12.3 Å². The molecule has 3 aromatic rings. The van der Waals surface area contributed by atoms with E-state index >= 15 is 0 Å². The lowest BCUT2D eigenvalue weighted by Gasteiger charge is -2.38. The molecule has 0 aliphatic carbocycles. The average molecular weight is 326 g/mol. The van der Waals surface area contributed by atoms with Gasteiger partial charge in [0, 0.05) is 29.2 Å². The number of rotatable bonds is 1. The highest BCUT2D eigenvalue weighted by Crippen LogP contribution is 2.51. The van der Waals surface area contributed by atoms with Gasteiger partial charge in [-0.25, -0.2) is 0 Å². The van der Waals surface area contributed by atoms with Gasteiger partial charge in [-0.3, -0.25) is 0 Å². The van der Waals surface area contributed by atoms with Crippen molar-refractivity contribution in [3.05, 3.63) is 42.0 Å². The zero-order chi connectivity index (χ0) is 21.6. The van der Waals surface area contributed by atoms with Gasteiger partial charge in [0.15, 0.2) is 5.58 Å². The first-order valence-corrected chi connectivity index (χ1v) is 8.47. The summed E-state index contributed by atoms with van der Waals surface area (Å²) in [7, 11) is 0. The molecular weight excluding hydrogens is 294 g/mol. The van der Waals surface area contributed by atoms with E-state index in [2.05, 4.69) is 0 Å². The van der Waals surface area contributed by atoms with Crippen molar-refractivity contribution in [2.24, 2.45) is 5.41 Å². The van der Waals surface area contributed by atoms with Crippen molar-refractivity contribution in [1.29, 1.82) is 0 Å². The van der Waals surface area contributed by atoms with E-state index in [1.165, 1.54) is 0 Å². The highest BCUT2D eigenvalue weighted by Gasteiger charge is 2.49. The molecule has 2 aromatic carbocycles. The maximum Gasteiger partial charge on any atom is 0.158 e. The van der Waals surface area contributed by atoms with Crippen LogP contribution >= 0.6 is 0 Å². The third-order valence-corrected chi connectivity index (χ3v) is 5.35. The molecule has 1 saturated heterocycles. The molecule has 2 nitrogen and oxygen atoms in total. The van der Waals surface area contributed by atoms with Crippen LogP contribution in [0.15, 0.2) is 40.8 Å². The normalized spacial score (nSPS) is 32.3. The maximum absolute atomic E-state index is 8.93. The Bertz CT molecular complexity index is 1110. The molecule has 0 saturated carbocycles. The summed E-state index contributed by atoms with van der Waals surface area (Å²) in [6.07, 6.45) is -1.97. The molecule has 1 fully saturated rings. The van der Waals surface area contributed by atoms with Crippen LogP contribution < -0.4 is 4.90 Å². The van der Waals surface area contributed by atoms with E-state index in [9.17, 15) is 0 Å². The van der Waals surface area contributed by atoms with E-state index in [-0.39, 0.29) is 0 Å². The molecule has 0 radical (unpaired) electrons. The summed E-state index contributed by atoms with van der Waals surface area (Å²) in [6.45, 7) is 6.46. The minimum absolute atomic E-state index is 0.572. The molecular formula is C22H27NO. The predicted octanol–water partition coefficient (Wildman–Crippen LogP) is 6.30. The zero-order valence-corrected chi connectivity index (χ0v) is 14.9. The highest BCUT2D eigenvalue weighted by molar-refractivity contribution is 6.09. The van der Waals surface area contributed by atoms with Crippen molar-refractivity contribution in [3.63, 3.8) is 0 Å². The largest absolute Gasteiger partial charge is 0.454 e. The number of benzene rings is 2. The van der Waals surface area contributed by atoms with Crippen LogP contribution in [0.5, 0.6) is 0 Å². The van der Waals surface area contributed by atoms with Crippen LogP contribution in [-0.4, -0.2) is 11.6 Å². The fourth-order valence-corrected chi connectivity index (χ4v) is 4.19. The molecule has 2 atom stereocenters. The number of furan rings is 1. The monoisotopic (exact) mass is 326 g/mol. The quantitative estimate of drug-likeness (QED) is 0.522. The summed E-state index contributed by atoms with van der Waals surface area (Å²) in [6, 6.07) is 11.3. The van der Waals surface area contributed by atoms with Crippen LogP contribution in [0.4, 0.5) is 5.69 Å². The van der Waals surface area contributed by atoms with Crippen molar-refractivity contribution >= 4 is 27.6 Å². The Balaban J connectivity index is 2.07. The van der Waals surface area contributed by atoms with Crippen molar-refractivity contribution < 1.29 is 11.3 Å². The Morgan fingerprint density at radius 3 is 2.62 bits per heavy atom. The minimum atomic E-state index is -2.46. The van der Waals surface area contributed by atoms with Gasteiger partial charge in [0.25, 0.3) is 0 Å². The SMILES string of the molecule is [2H]C([2H])([2H])C1(C)[C@H](C)N(c2c(C)ccc3c2oc2ccccc23)C(C)(C)C1([2H])[2H]. The van der Waals surface area contributed by atoms with Gasteiger partial charge in [-0.05, 0) is 51.1 Å². The van der Waals surface area contributed by atoms with Gasteiger partial charge in [-0.15, -0.1) is 0 Å². The summed E-state index contributed by atoms with van der Waals surface area (Å²) < 4.78 is 48.7. The Labute approximate surface area is 151 Å². The van der Waals surface area contributed by atoms with E-state index in [1.807, 2.05) is 55.1 Å². The first-order valence-electron chi connectivity index (χ1n) is 11.0. The number of aryl methyl sites for hydroxylation is 1. The maximum atomic E-state index is 8.93. The zero-order valence-electron chi connectivity index (χ0n) is 19.9. The van der Waals surface area contributed by atoms with Gasteiger partial charge < -0.3 is 9.32 Å².